The van der Waals surface area contributed by atoms with Crippen molar-refractivity contribution in [3.05, 3.63) is 41.5 Å². The maximum absolute atomic E-state index is 13.9. The third-order valence-corrected chi connectivity index (χ3v) is 3.09. The van der Waals surface area contributed by atoms with Crippen LogP contribution in [0.15, 0.2) is 24.4 Å². The number of aryl methyl sites for hydroxylation is 1. The largest absolute Gasteiger partial charge is 0.328 e. The van der Waals surface area contributed by atoms with Crippen molar-refractivity contribution < 1.29 is 4.39 Å². The molecule has 0 spiro atoms. The SMILES string of the molecule is N#Cc1ccc(-c2ncc3n2CCC3)c(F)c1. The second-order valence-electron chi connectivity index (χ2n) is 4.13. The molecule has 0 unspecified atom stereocenters. The van der Waals surface area contributed by atoms with Gasteiger partial charge in [-0.1, -0.05) is 0 Å². The lowest BCUT2D eigenvalue weighted by Gasteiger charge is -2.05. The Hall–Kier alpha value is -2.15. The van der Waals surface area contributed by atoms with E-state index in [1.54, 1.807) is 18.3 Å². The molecular formula is C13H10FN3. The van der Waals surface area contributed by atoms with Crippen LogP contribution in [0.25, 0.3) is 11.4 Å². The molecule has 84 valence electrons. The van der Waals surface area contributed by atoms with E-state index in [1.807, 2.05) is 10.6 Å². The van der Waals surface area contributed by atoms with Crippen LogP contribution in [-0.4, -0.2) is 9.55 Å². The topological polar surface area (TPSA) is 41.6 Å². The fraction of sp³-hybridized carbons (Fsp3) is 0.231. The Bertz CT molecular complexity index is 622. The first-order valence-corrected chi connectivity index (χ1v) is 5.54. The summed E-state index contributed by atoms with van der Waals surface area (Å²) in [6, 6.07) is 6.43. The first-order valence-electron chi connectivity index (χ1n) is 5.54. The second-order valence-corrected chi connectivity index (χ2v) is 4.13. The second kappa shape index (κ2) is 3.70. The third kappa shape index (κ3) is 1.51. The zero-order valence-electron chi connectivity index (χ0n) is 9.15. The molecule has 17 heavy (non-hydrogen) atoms. The van der Waals surface area contributed by atoms with Crippen molar-refractivity contribution in [3.8, 4) is 17.5 Å². The van der Waals surface area contributed by atoms with Crippen molar-refractivity contribution >= 4 is 0 Å². The van der Waals surface area contributed by atoms with Crippen molar-refractivity contribution in [3.63, 3.8) is 0 Å². The molecule has 0 saturated heterocycles. The lowest BCUT2D eigenvalue weighted by Crippen LogP contribution is -1.98. The van der Waals surface area contributed by atoms with Crippen molar-refractivity contribution in [1.82, 2.24) is 9.55 Å². The Kier molecular flexibility index (Phi) is 2.19. The molecule has 2 aromatic rings. The van der Waals surface area contributed by atoms with E-state index < -0.39 is 0 Å². The van der Waals surface area contributed by atoms with Gasteiger partial charge in [-0.05, 0) is 31.0 Å². The summed E-state index contributed by atoms with van der Waals surface area (Å²) in [7, 11) is 0. The number of hydrogen-bond donors (Lipinski definition) is 0. The molecule has 0 radical (unpaired) electrons. The predicted octanol–water partition coefficient (Wildman–Crippen LogP) is 2.51. The number of benzene rings is 1. The van der Waals surface area contributed by atoms with Crippen molar-refractivity contribution in [2.24, 2.45) is 0 Å². The Morgan fingerprint density at radius 2 is 2.29 bits per heavy atom. The molecule has 1 aromatic carbocycles. The molecular weight excluding hydrogens is 217 g/mol. The lowest BCUT2D eigenvalue weighted by atomic mass is 10.1. The van der Waals surface area contributed by atoms with Gasteiger partial charge in [0.05, 0.1) is 17.2 Å². The molecule has 0 saturated carbocycles. The quantitative estimate of drug-likeness (QED) is 0.751. The van der Waals surface area contributed by atoms with Gasteiger partial charge in [-0.15, -0.1) is 0 Å². The van der Waals surface area contributed by atoms with E-state index in [1.165, 1.54) is 6.07 Å². The Labute approximate surface area is 98.1 Å². The molecule has 0 bridgehead atoms. The molecule has 0 amide bonds. The highest BCUT2D eigenvalue weighted by Gasteiger charge is 2.18. The van der Waals surface area contributed by atoms with E-state index in [4.69, 9.17) is 5.26 Å². The highest BCUT2D eigenvalue weighted by atomic mass is 19.1. The number of rotatable bonds is 1. The minimum atomic E-state index is -0.385. The van der Waals surface area contributed by atoms with Crippen molar-refractivity contribution in [2.75, 3.05) is 0 Å². The van der Waals surface area contributed by atoms with E-state index in [2.05, 4.69) is 4.98 Å². The molecule has 1 aromatic heterocycles. The first kappa shape index (κ1) is 10.0. The summed E-state index contributed by atoms with van der Waals surface area (Å²) in [5, 5.41) is 8.70. The van der Waals surface area contributed by atoms with Crippen molar-refractivity contribution in [1.29, 1.82) is 5.26 Å². The third-order valence-electron chi connectivity index (χ3n) is 3.09. The van der Waals surface area contributed by atoms with Gasteiger partial charge in [-0.25, -0.2) is 9.37 Å². The molecule has 1 aliphatic heterocycles. The average molecular weight is 227 g/mol. The zero-order valence-corrected chi connectivity index (χ0v) is 9.15. The minimum Gasteiger partial charge on any atom is -0.328 e. The van der Waals surface area contributed by atoms with Crippen LogP contribution < -0.4 is 0 Å². The van der Waals surface area contributed by atoms with Crippen LogP contribution in [0, 0.1) is 17.1 Å². The highest BCUT2D eigenvalue weighted by Crippen LogP contribution is 2.27. The fourth-order valence-corrected chi connectivity index (χ4v) is 2.26. The highest BCUT2D eigenvalue weighted by molar-refractivity contribution is 5.59. The molecule has 3 rings (SSSR count). The van der Waals surface area contributed by atoms with E-state index in [9.17, 15) is 4.39 Å². The van der Waals surface area contributed by atoms with Crippen LogP contribution in [-0.2, 0) is 13.0 Å². The van der Waals surface area contributed by atoms with Gasteiger partial charge in [0, 0.05) is 18.4 Å². The average Bonchev–Trinajstić information content (AvgIpc) is 2.91. The molecule has 0 fully saturated rings. The minimum absolute atomic E-state index is 0.333. The summed E-state index contributed by atoms with van der Waals surface area (Å²) in [5.41, 5.74) is 1.96. The molecule has 1 aliphatic rings. The summed E-state index contributed by atoms with van der Waals surface area (Å²) in [6.45, 7) is 0.893. The maximum atomic E-state index is 13.9. The van der Waals surface area contributed by atoms with Gasteiger partial charge in [-0.2, -0.15) is 5.26 Å². The predicted molar refractivity (Wildman–Crippen MR) is 60.7 cm³/mol. The van der Waals surface area contributed by atoms with Crippen LogP contribution >= 0.6 is 0 Å². The number of hydrogen-bond acceptors (Lipinski definition) is 2. The summed E-state index contributed by atoms with van der Waals surface area (Å²) in [4.78, 5) is 4.26. The Balaban J connectivity index is 2.13. The number of aromatic nitrogens is 2. The van der Waals surface area contributed by atoms with E-state index in [0.717, 1.165) is 25.1 Å². The van der Waals surface area contributed by atoms with Crippen LogP contribution in [0.4, 0.5) is 4.39 Å². The maximum Gasteiger partial charge on any atom is 0.143 e. The number of fused-ring (bicyclic) bond motifs is 1. The van der Waals surface area contributed by atoms with Gasteiger partial charge < -0.3 is 4.57 Å². The van der Waals surface area contributed by atoms with Gasteiger partial charge in [0.1, 0.15) is 11.6 Å². The lowest BCUT2D eigenvalue weighted by molar-refractivity contribution is 0.626. The number of imidazole rings is 1. The normalized spacial score (nSPS) is 13.4. The first-order chi connectivity index (χ1) is 8.29. The van der Waals surface area contributed by atoms with Crippen LogP contribution in [0.1, 0.15) is 17.7 Å². The van der Waals surface area contributed by atoms with Crippen LogP contribution in [0.3, 0.4) is 0 Å². The van der Waals surface area contributed by atoms with E-state index >= 15 is 0 Å². The smallest absolute Gasteiger partial charge is 0.143 e. The zero-order chi connectivity index (χ0) is 11.8. The summed E-state index contributed by atoms with van der Waals surface area (Å²) in [5.74, 6) is 0.281. The number of halogens is 1. The van der Waals surface area contributed by atoms with Gasteiger partial charge in [0.25, 0.3) is 0 Å². The molecule has 0 N–H and O–H groups in total. The van der Waals surface area contributed by atoms with Crippen molar-refractivity contribution in [2.45, 2.75) is 19.4 Å². The Morgan fingerprint density at radius 3 is 3.06 bits per heavy atom. The van der Waals surface area contributed by atoms with Gasteiger partial charge in [-0.3, -0.25) is 0 Å². The number of nitrogens with zero attached hydrogens (tertiary/aromatic N) is 3. The summed E-state index contributed by atoms with van der Waals surface area (Å²) in [6.07, 6.45) is 3.90. The molecule has 3 nitrogen and oxygen atoms in total. The fourth-order valence-electron chi connectivity index (χ4n) is 2.26. The van der Waals surface area contributed by atoms with Crippen LogP contribution in [0.5, 0.6) is 0 Å². The van der Waals surface area contributed by atoms with E-state index in [0.29, 0.717) is 17.0 Å². The van der Waals surface area contributed by atoms with Gasteiger partial charge >= 0.3 is 0 Å². The van der Waals surface area contributed by atoms with Crippen LogP contribution in [0.2, 0.25) is 0 Å². The monoisotopic (exact) mass is 227 g/mol. The Morgan fingerprint density at radius 1 is 1.41 bits per heavy atom. The molecule has 2 heterocycles. The van der Waals surface area contributed by atoms with Gasteiger partial charge in [0.2, 0.25) is 0 Å². The molecule has 4 heteroatoms. The summed E-state index contributed by atoms with van der Waals surface area (Å²) >= 11 is 0. The number of nitriles is 1. The standard InChI is InChI=1S/C13H10FN3/c14-12-6-9(7-15)3-4-11(12)13-16-8-10-2-1-5-17(10)13/h3-4,6,8H,1-2,5H2. The summed E-state index contributed by atoms with van der Waals surface area (Å²) < 4.78 is 15.9. The van der Waals surface area contributed by atoms with E-state index in [-0.39, 0.29) is 5.82 Å². The molecule has 0 atom stereocenters. The molecule has 0 aliphatic carbocycles. The van der Waals surface area contributed by atoms with Gasteiger partial charge in [0.15, 0.2) is 0 Å².